The summed E-state index contributed by atoms with van der Waals surface area (Å²) >= 11 is 0. The molecule has 0 aliphatic carbocycles. The summed E-state index contributed by atoms with van der Waals surface area (Å²) < 4.78 is 0. The molecule has 0 saturated heterocycles. The van der Waals surface area contributed by atoms with Crippen molar-refractivity contribution in [3.8, 4) is 5.75 Å². The van der Waals surface area contributed by atoms with Gasteiger partial charge < -0.3 is 5.11 Å². The molecule has 0 amide bonds. The van der Waals surface area contributed by atoms with E-state index in [2.05, 4.69) is 33.8 Å². The van der Waals surface area contributed by atoms with Crippen molar-refractivity contribution in [2.45, 2.75) is 40.5 Å². The van der Waals surface area contributed by atoms with Crippen molar-refractivity contribution in [2.24, 2.45) is 11.8 Å². The van der Waals surface area contributed by atoms with Crippen LogP contribution in [0.25, 0.3) is 0 Å². The van der Waals surface area contributed by atoms with Gasteiger partial charge >= 0.3 is 0 Å². The molecule has 87 valence electrons. The van der Waals surface area contributed by atoms with E-state index in [0.717, 1.165) is 18.4 Å². The molecule has 0 aromatic heterocycles. The summed E-state index contributed by atoms with van der Waals surface area (Å²) in [5.41, 5.74) is 2.44. The SMILES string of the molecule is CC(C)Cc1cccc(O)c1CC(C)C.[Al]. The van der Waals surface area contributed by atoms with E-state index in [0.29, 0.717) is 17.6 Å². The smallest absolute Gasteiger partial charge is 0.119 e. The second kappa shape index (κ2) is 6.99. The Morgan fingerprint density at radius 3 is 2.06 bits per heavy atom. The van der Waals surface area contributed by atoms with E-state index in [9.17, 15) is 5.11 Å². The van der Waals surface area contributed by atoms with Gasteiger partial charge in [-0.25, -0.2) is 0 Å². The van der Waals surface area contributed by atoms with Crippen molar-refractivity contribution >= 4 is 17.4 Å². The van der Waals surface area contributed by atoms with Gasteiger partial charge in [0.05, 0.1) is 0 Å². The highest BCUT2D eigenvalue weighted by Gasteiger charge is 2.10. The van der Waals surface area contributed by atoms with Crippen LogP contribution in [0.3, 0.4) is 0 Å². The predicted octanol–water partition coefficient (Wildman–Crippen LogP) is 3.41. The number of rotatable bonds is 4. The fourth-order valence-electron chi connectivity index (χ4n) is 1.90. The molecule has 0 aliphatic heterocycles. The molecule has 1 aromatic carbocycles. The van der Waals surface area contributed by atoms with Crippen molar-refractivity contribution in [2.75, 3.05) is 0 Å². The van der Waals surface area contributed by atoms with E-state index in [1.54, 1.807) is 6.07 Å². The average Bonchev–Trinajstić information content (AvgIpc) is 2.09. The quantitative estimate of drug-likeness (QED) is 0.790. The molecule has 1 nitrogen and oxygen atoms in total. The topological polar surface area (TPSA) is 20.2 Å². The second-order valence-corrected chi connectivity index (χ2v) is 5.11. The number of phenolic OH excluding ortho intramolecular Hbond substituents is 1. The zero-order valence-electron chi connectivity index (χ0n) is 10.8. The van der Waals surface area contributed by atoms with E-state index in [1.165, 1.54) is 5.56 Å². The Balaban J connectivity index is 0.00000225. The molecule has 1 N–H and O–H groups in total. The Kier molecular flexibility index (Phi) is 6.80. The van der Waals surface area contributed by atoms with Crippen LogP contribution in [-0.2, 0) is 12.8 Å². The third-order valence-corrected chi connectivity index (χ3v) is 2.49. The number of aromatic hydroxyl groups is 1. The van der Waals surface area contributed by atoms with Crippen LogP contribution in [0.1, 0.15) is 38.8 Å². The zero-order chi connectivity index (χ0) is 11.4. The molecular weight excluding hydrogens is 211 g/mol. The predicted molar refractivity (Wildman–Crippen MR) is 70.9 cm³/mol. The van der Waals surface area contributed by atoms with E-state index < -0.39 is 0 Å². The van der Waals surface area contributed by atoms with Gasteiger partial charge in [-0.2, -0.15) is 0 Å². The maximum atomic E-state index is 9.85. The first kappa shape index (κ1) is 15.6. The molecule has 1 aromatic rings. The maximum Gasteiger partial charge on any atom is 0.119 e. The van der Waals surface area contributed by atoms with Crippen molar-refractivity contribution < 1.29 is 5.11 Å². The van der Waals surface area contributed by atoms with Crippen LogP contribution < -0.4 is 0 Å². The lowest BCUT2D eigenvalue weighted by molar-refractivity contribution is 0.459. The van der Waals surface area contributed by atoms with Gasteiger partial charge in [0.15, 0.2) is 0 Å². The number of hydrogen-bond acceptors (Lipinski definition) is 1. The Morgan fingerprint density at radius 2 is 1.56 bits per heavy atom. The van der Waals surface area contributed by atoms with Crippen LogP contribution in [0.5, 0.6) is 5.75 Å². The Bertz CT molecular complexity index is 319. The molecule has 0 aliphatic rings. The minimum Gasteiger partial charge on any atom is -0.508 e. The van der Waals surface area contributed by atoms with Crippen molar-refractivity contribution in [1.82, 2.24) is 0 Å². The molecule has 1 rings (SSSR count). The van der Waals surface area contributed by atoms with E-state index in [-0.39, 0.29) is 17.4 Å². The van der Waals surface area contributed by atoms with Crippen LogP contribution >= 0.6 is 0 Å². The molecule has 0 fully saturated rings. The van der Waals surface area contributed by atoms with Crippen LogP contribution in [0.15, 0.2) is 18.2 Å². The van der Waals surface area contributed by atoms with Gasteiger partial charge in [0.1, 0.15) is 5.75 Å². The van der Waals surface area contributed by atoms with Gasteiger partial charge in [0.25, 0.3) is 0 Å². The first-order chi connectivity index (χ1) is 7.00. The molecule has 0 unspecified atom stereocenters. The van der Waals surface area contributed by atoms with Crippen LogP contribution in [0, 0.1) is 11.8 Å². The van der Waals surface area contributed by atoms with Gasteiger partial charge in [-0.15, -0.1) is 0 Å². The highest BCUT2D eigenvalue weighted by atomic mass is 27.0. The van der Waals surface area contributed by atoms with Gasteiger partial charge in [-0.1, -0.05) is 39.8 Å². The summed E-state index contributed by atoms with van der Waals surface area (Å²) in [5.74, 6) is 1.68. The third-order valence-electron chi connectivity index (χ3n) is 2.49. The lowest BCUT2D eigenvalue weighted by atomic mass is 9.92. The van der Waals surface area contributed by atoms with Gasteiger partial charge in [0.2, 0.25) is 0 Å². The number of benzene rings is 1. The fourth-order valence-corrected chi connectivity index (χ4v) is 1.90. The molecular formula is C14H22AlO. The van der Waals surface area contributed by atoms with Crippen molar-refractivity contribution in [1.29, 1.82) is 0 Å². The monoisotopic (exact) mass is 233 g/mol. The minimum absolute atomic E-state index is 0. The highest BCUT2D eigenvalue weighted by molar-refractivity contribution is 5.75. The highest BCUT2D eigenvalue weighted by Crippen LogP contribution is 2.26. The molecule has 3 radical (unpaired) electrons. The lowest BCUT2D eigenvalue weighted by Crippen LogP contribution is -2.03. The van der Waals surface area contributed by atoms with Gasteiger partial charge in [-0.3, -0.25) is 0 Å². The largest absolute Gasteiger partial charge is 0.508 e. The standard InChI is InChI=1S/C14H22O.Al/c1-10(2)8-12-6-5-7-14(15)13(12)9-11(3)4;/h5-7,10-11,15H,8-9H2,1-4H3;. The summed E-state index contributed by atoms with van der Waals surface area (Å²) in [6.07, 6.45) is 2.02. The fraction of sp³-hybridized carbons (Fsp3) is 0.571. The summed E-state index contributed by atoms with van der Waals surface area (Å²) in [7, 11) is 0. The maximum absolute atomic E-state index is 9.85. The van der Waals surface area contributed by atoms with Crippen molar-refractivity contribution in [3.05, 3.63) is 29.3 Å². The van der Waals surface area contributed by atoms with Gasteiger partial charge in [0, 0.05) is 17.4 Å². The second-order valence-electron chi connectivity index (χ2n) is 5.11. The zero-order valence-corrected chi connectivity index (χ0v) is 12.0. The normalized spacial score (nSPS) is 10.6. The Labute approximate surface area is 110 Å². The van der Waals surface area contributed by atoms with E-state index in [4.69, 9.17) is 0 Å². The molecule has 0 spiro atoms. The summed E-state index contributed by atoms with van der Waals surface area (Å²) in [6.45, 7) is 8.80. The number of hydrogen-bond donors (Lipinski definition) is 1. The summed E-state index contributed by atoms with van der Waals surface area (Å²) in [6, 6.07) is 5.87. The van der Waals surface area contributed by atoms with Crippen LogP contribution in [0.2, 0.25) is 0 Å². The summed E-state index contributed by atoms with van der Waals surface area (Å²) in [5, 5.41) is 9.85. The molecule has 0 bridgehead atoms. The van der Waals surface area contributed by atoms with E-state index in [1.807, 2.05) is 6.07 Å². The molecule has 0 saturated carbocycles. The lowest BCUT2D eigenvalue weighted by Gasteiger charge is -2.14. The third kappa shape index (κ3) is 4.60. The van der Waals surface area contributed by atoms with Crippen LogP contribution in [0.4, 0.5) is 0 Å². The van der Waals surface area contributed by atoms with Crippen molar-refractivity contribution in [3.63, 3.8) is 0 Å². The molecule has 0 atom stereocenters. The van der Waals surface area contributed by atoms with Crippen LogP contribution in [-0.4, -0.2) is 22.5 Å². The van der Waals surface area contributed by atoms with E-state index >= 15 is 0 Å². The average molecular weight is 233 g/mol. The molecule has 2 heteroatoms. The Hall–Kier alpha value is -0.448. The minimum atomic E-state index is 0. The first-order valence-corrected chi connectivity index (χ1v) is 5.80. The first-order valence-electron chi connectivity index (χ1n) is 5.80. The summed E-state index contributed by atoms with van der Waals surface area (Å²) in [4.78, 5) is 0. The molecule has 0 heterocycles. The van der Waals surface area contributed by atoms with Gasteiger partial charge in [-0.05, 0) is 41.9 Å². The molecule has 16 heavy (non-hydrogen) atoms. The number of phenols is 1. The Morgan fingerprint density at radius 1 is 1.00 bits per heavy atom.